The SMILES string of the molecule is COc1cccc(N(C(=O)Cn2nnc(-c3cccs3)n2)C(C(=O)NCc2ccccc2)c2ccc(Cl)cc2)c1. The molecule has 0 bridgehead atoms. The van der Waals surface area contributed by atoms with E-state index in [1.165, 1.54) is 21.0 Å². The second-order valence-electron chi connectivity index (χ2n) is 8.74. The Labute approximate surface area is 240 Å². The first-order valence-electron chi connectivity index (χ1n) is 12.4. The van der Waals surface area contributed by atoms with Gasteiger partial charge in [0.2, 0.25) is 11.7 Å². The highest BCUT2D eigenvalue weighted by Gasteiger charge is 2.33. The van der Waals surface area contributed by atoms with Gasteiger partial charge in [0.25, 0.3) is 5.91 Å². The summed E-state index contributed by atoms with van der Waals surface area (Å²) in [6.07, 6.45) is 0. The lowest BCUT2D eigenvalue weighted by Crippen LogP contribution is -2.45. The van der Waals surface area contributed by atoms with E-state index in [0.717, 1.165) is 10.4 Å². The number of hydrogen-bond acceptors (Lipinski definition) is 7. The van der Waals surface area contributed by atoms with Crippen LogP contribution in [0.4, 0.5) is 5.69 Å². The van der Waals surface area contributed by atoms with Gasteiger partial charge >= 0.3 is 0 Å². The molecule has 2 heterocycles. The average Bonchev–Trinajstić information content (AvgIpc) is 3.68. The van der Waals surface area contributed by atoms with Crippen molar-refractivity contribution in [1.82, 2.24) is 25.5 Å². The van der Waals surface area contributed by atoms with Gasteiger partial charge in [0.1, 0.15) is 18.3 Å². The fourth-order valence-corrected chi connectivity index (χ4v) is 4.93. The first-order valence-corrected chi connectivity index (χ1v) is 13.6. The Bertz CT molecular complexity index is 1580. The van der Waals surface area contributed by atoms with Crippen molar-refractivity contribution in [3.8, 4) is 16.5 Å². The number of halogens is 1. The van der Waals surface area contributed by atoms with Gasteiger partial charge in [-0.05, 0) is 52.1 Å². The van der Waals surface area contributed by atoms with E-state index in [1.54, 1.807) is 55.6 Å². The third-order valence-corrected chi connectivity index (χ3v) is 7.19. The van der Waals surface area contributed by atoms with Gasteiger partial charge in [-0.2, -0.15) is 4.80 Å². The number of tetrazole rings is 1. The van der Waals surface area contributed by atoms with Crippen molar-refractivity contribution in [3.05, 3.63) is 113 Å². The zero-order valence-corrected chi connectivity index (χ0v) is 23.0. The van der Waals surface area contributed by atoms with Crippen molar-refractivity contribution in [1.29, 1.82) is 0 Å². The van der Waals surface area contributed by atoms with Crippen LogP contribution in [0.2, 0.25) is 5.02 Å². The molecule has 1 unspecified atom stereocenters. The van der Waals surface area contributed by atoms with Crippen molar-refractivity contribution >= 4 is 40.4 Å². The molecule has 1 N–H and O–H groups in total. The number of nitrogens with one attached hydrogen (secondary N) is 1. The minimum atomic E-state index is -1.03. The van der Waals surface area contributed by atoms with Crippen LogP contribution in [0.25, 0.3) is 10.7 Å². The topological polar surface area (TPSA) is 102 Å². The number of carbonyl (C=O) groups excluding carboxylic acids is 2. The van der Waals surface area contributed by atoms with Gasteiger partial charge in [-0.3, -0.25) is 14.5 Å². The Hall–Kier alpha value is -4.54. The van der Waals surface area contributed by atoms with Crippen molar-refractivity contribution in [2.45, 2.75) is 19.1 Å². The number of methoxy groups -OCH3 is 1. The van der Waals surface area contributed by atoms with E-state index in [-0.39, 0.29) is 12.5 Å². The van der Waals surface area contributed by atoms with Gasteiger partial charge < -0.3 is 10.1 Å². The van der Waals surface area contributed by atoms with Crippen LogP contribution in [-0.2, 0) is 22.7 Å². The Morgan fingerprint density at radius 3 is 2.55 bits per heavy atom. The monoisotopic (exact) mass is 572 g/mol. The highest BCUT2D eigenvalue weighted by atomic mass is 35.5. The molecule has 2 aromatic heterocycles. The maximum atomic E-state index is 14.0. The van der Waals surface area contributed by atoms with Gasteiger partial charge in [-0.15, -0.1) is 21.5 Å². The number of rotatable bonds is 10. The molecule has 0 radical (unpaired) electrons. The number of ether oxygens (including phenoxy) is 1. The molecule has 2 amide bonds. The molecule has 3 aromatic carbocycles. The fraction of sp³-hybridized carbons (Fsp3) is 0.138. The van der Waals surface area contributed by atoms with E-state index in [9.17, 15) is 9.59 Å². The van der Waals surface area contributed by atoms with Crippen LogP contribution >= 0.6 is 22.9 Å². The van der Waals surface area contributed by atoms with E-state index in [4.69, 9.17) is 16.3 Å². The van der Waals surface area contributed by atoms with Crippen LogP contribution in [0.1, 0.15) is 17.2 Å². The predicted octanol–water partition coefficient (Wildman–Crippen LogP) is 5.15. The Balaban J connectivity index is 1.52. The summed E-state index contributed by atoms with van der Waals surface area (Å²) < 4.78 is 5.42. The molecule has 5 rings (SSSR count). The summed E-state index contributed by atoms with van der Waals surface area (Å²) in [5.74, 6) is 0.172. The maximum absolute atomic E-state index is 14.0. The van der Waals surface area contributed by atoms with Crippen molar-refractivity contribution in [2.75, 3.05) is 12.0 Å². The number of nitrogens with zero attached hydrogens (tertiary/aromatic N) is 5. The van der Waals surface area contributed by atoms with Crippen molar-refractivity contribution in [3.63, 3.8) is 0 Å². The predicted molar refractivity (Wildman–Crippen MR) is 154 cm³/mol. The number of benzene rings is 3. The molecule has 0 saturated carbocycles. The smallest absolute Gasteiger partial charge is 0.251 e. The van der Waals surface area contributed by atoms with Gasteiger partial charge in [-0.25, -0.2) is 0 Å². The zero-order valence-electron chi connectivity index (χ0n) is 21.5. The molecule has 202 valence electrons. The normalized spacial score (nSPS) is 11.6. The fourth-order valence-electron chi connectivity index (χ4n) is 4.15. The summed E-state index contributed by atoms with van der Waals surface area (Å²) in [7, 11) is 1.54. The van der Waals surface area contributed by atoms with E-state index >= 15 is 0 Å². The Morgan fingerprint density at radius 2 is 1.82 bits per heavy atom. The van der Waals surface area contributed by atoms with Crippen LogP contribution in [0, 0.1) is 0 Å². The highest BCUT2D eigenvalue weighted by Crippen LogP contribution is 2.31. The molecular formula is C29H25ClN6O3S. The quantitative estimate of drug-likeness (QED) is 0.248. The van der Waals surface area contributed by atoms with Crippen molar-refractivity contribution in [2.24, 2.45) is 0 Å². The largest absolute Gasteiger partial charge is 0.497 e. The lowest BCUT2D eigenvalue weighted by molar-refractivity contribution is -0.127. The second kappa shape index (κ2) is 12.5. The van der Waals surface area contributed by atoms with Gasteiger partial charge in [0.05, 0.1) is 12.0 Å². The van der Waals surface area contributed by atoms with Crippen LogP contribution in [-0.4, -0.2) is 39.1 Å². The van der Waals surface area contributed by atoms with Gasteiger partial charge in [0.15, 0.2) is 0 Å². The maximum Gasteiger partial charge on any atom is 0.251 e. The lowest BCUT2D eigenvalue weighted by atomic mass is 10.0. The first kappa shape index (κ1) is 27.0. The number of hydrogen-bond donors (Lipinski definition) is 1. The summed E-state index contributed by atoms with van der Waals surface area (Å²) in [5.41, 5.74) is 1.98. The first-order chi connectivity index (χ1) is 19.5. The number of thiophene rings is 1. The highest BCUT2D eigenvalue weighted by molar-refractivity contribution is 7.13. The molecule has 0 aliphatic heterocycles. The average molecular weight is 573 g/mol. The van der Waals surface area contributed by atoms with Crippen molar-refractivity contribution < 1.29 is 14.3 Å². The van der Waals surface area contributed by atoms with Gasteiger partial charge in [0, 0.05) is 23.3 Å². The molecule has 9 nitrogen and oxygen atoms in total. The van der Waals surface area contributed by atoms with E-state index in [2.05, 4.69) is 20.7 Å². The molecule has 0 aliphatic rings. The summed E-state index contributed by atoms with van der Waals surface area (Å²) in [5, 5.41) is 18.0. The Morgan fingerprint density at radius 1 is 1.02 bits per heavy atom. The van der Waals surface area contributed by atoms with E-state index in [1.807, 2.05) is 47.8 Å². The van der Waals surface area contributed by atoms with Gasteiger partial charge in [-0.1, -0.05) is 66.2 Å². The Kier molecular flexibility index (Phi) is 8.48. The summed E-state index contributed by atoms with van der Waals surface area (Å²) in [6.45, 7) is 0.0460. The molecule has 0 saturated heterocycles. The number of amides is 2. The molecule has 5 aromatic rings. The standard InChI is InChI=1S/C29H25ClN6O3S/c1-39-24-10-5-9-23(17-24)36(26(37)19-35-33-28(32-34-35)25-11-6-16-40-25)27(21-12-14-22(30)15-13-21)29(38)31-18-20-7-3-2-4-8-20/h2-17,27H,18-19H2,1H3,(H,31,38). The third-order valence-electron chi connectivity index (χ3n) is 6.07. The number of aromatic nitrogens is 4. The number of anilines is 1. The molecule has 0 fully saturated rings. The third kappa shape index (κ3) is 6.36. The zero-order chi connectivity index (χ0) is 27.9. The van der Waals surface area contributed by atoms with Crippen LogP contribution < -0.4 is 15.0 Å². The molecule has 1 atom stereocenters. The molecule has 0 aliphatic carbocycles. The molecule has 0 spiro atoms. The second-order valence-corrected chi connectivity index (χ2v) is 10.1. The van der Waals surface area contributed by atoms with E-state index in [0.29, 0.717) is 34.4 Å². The van der Waals surface area contributed by atoms with E-state index < -0.39 is 11.9 Å². The summed E-state index contributed by atoms with van der Waals surface area (Å²) in [6, 6.07) is 26.1. The minimum Gasteiger partial charge on any atom is -0.497 e. The lowest BCUT2D eigenvalue weighted by Gasteiger charge is -2.31. The number of carbonyl (C=O) groups is 2. The molecule has 40 heavy (non-hydrogen) atoms. The summed E-state index contributed by atoms with van der Waals surface area (Å²) >= 11 is 7.64. The molecule has 11 heteroatoms. The minimum absolute atomic E-state index is 0.244. The summed E-state index contributed by atoms with van der Waals surface area (Å²) in [4.78, 5) is 31.4. The van der Waals surface area contributed by atoms with Crippen LogP contribution in [0.15, 0.2) is 96.4 Å². The molecular weight excluding hydrogens is 548 g/mol. The van der Waals surface area contributed by atoms with Crippen LogP contribution in [0.5, 0.6) is 5.75 Å². The van der Waals surface area contributed by atoms with Crippen LogP contribution in [0.3, 0.4) is 0 Å².